The predicted molar refractivity (Wildman–Crippen MR) is 129 cm³/mol. The Morgan fingerprint density at radius 2 is 1.74 bits per heavy atom. The lowest BCUT2D eigenvalue weighted by Crippen LogP contribution is -2.32. The molecule has 1 aromatic heterocycles. The molecule has 0 saturated carbocycles. The molecule has 1 unspecified atom stereocenters. The van der Waals surface area contributed by atoms with Gasteiger partial charge in [-0.2, -0.15) is 13.2 Å². The van der Waals surface area contributed by atoms with Crippen molar-refractivity contribution in [3.05, 3.63) is 99.4 Å². The van der Waals surface area contributed by atoms with Gasteiger partial charge in [0.1, 0.15) is 11.6 Å². The molecule has 0 aliphatic carbocycles. The lowest BCUT2D eigenvalue weighted by Gasteiger charge is -2.33. The molecule has 0 spiro atoms. The Hall–Kier alpha value is -3.17. The van der Waals surface area contributed by atoms with E-state index in [2.05, 4.69) is 36.6 Å². The zero-order chi connectivity index (χ0) is 25.2. The number of nitrogens with one attached hydrogen (secondary N) is 1. The second kappa shape index (κ2) is 10.2. The molecule has 1 N–H and O–H groups in total. The Morgan fingerprint density at radius 1 is 1.06 bits per heavy atom. The van der Waals surface area contributed by atoms with Crippen molar-refractivity contribution in [3.8, 4) is 5.75 Å². The average Bonchev–Trinajstić information content (AvgIpc) is 3.18. The molecule has 0 bridgehead atoms. The van der Waals surface area contributed by atoms with Gasteiger partial charge in [-0.3, -0.25) is 9.69 Å². The average molecular weight is 549 g/mol. The van der Waals surface area contributed by atoms with Crippen LogP contribution in [0.15, 0.2) is 71.2 Å². The normalized spacial score (nSPS) is 15.8. The lowest BCUT2D eigenvalue weighted by molar-refractivity contribution is -0.137. The van der Waals surface area contributed by atoms with Gasteiger partial charge in [0.05, 0.1) is 11.6 Å². The van der Waals surface area contributed by atoms with Crippen LogP contribution in [0.2, 0.25) is 0 Å². The molecule has 1 aliphatic heterocycles. The third kappa shape index (κ3) is 5.57. The Morgan fingerprint density at radius 3 is 2.37 bits per heavy atom. The van der Waals surface area contributed by atoms with E-state index in [1.165, 1.54) is 35.2 Å². The molecule has 1 aliphatic rings. The summed E-state index contributed by atoms with van der Waals surface area (Å²) in [5, 5.41) is 1.18. The number of carbonyl (C=O) groups is 1. The third-order valence-corrected chi connectivity index (χ3v) is 6.37. The van der Waals surface area contributed by atoms with E-state index in [9.17, 15) is 22.4 Å². The smallest absolute Gasteiger partial charge is 0.416 e. The van der Waals surface area contributed by atoms with Crippen molar-refractivity contribution in [3.63, 3.8) is 0 Å². The first-order chi connectivity index (χ1) is 16.7. The van der Waals surface area contributed by atoms with Crippen molar-refractivity contribution in [2.24, 2.45) is 0 Å². The van der Waals surface area contributed by atoms with Crippen LogP contribution < -0.4 is 4.74 Å². The minimum atomic E-state index is -4.31. The monoisotopic (exact) mass is 548 g/mol. The fourth-order valence-corrected chi connectivity index (χ4v) is 4.59. The first-order valence-electron chi connectivity index (χ1n) is 10.7. The van der Waals surface area contributed by atoms with Gasteiger partial charge < -0.3 is 9.72 Å². The number of halogens is 5. The van der Waals surface area contributed by atoms with E-state index >= 15 is 0 Å². The summed E-state index contributed by atoms with van der Waals surface area (Å²) in [5.41, 5.74) is 3.62. The number of rotatable bonds is 3. The molecule has 0 saturated heterocycles. The molecule has 5 rings (SSSR count). The fraction of sp³-hybridized carbons (Fsp3) is 0.192. The van der Waals surface area contributed by atoms with Crippen molar-refractivity contribution in [1.82, 2.24) is 9.88 Å². The maximum absolute atomic E-state index is 12.8. The Kier molecular flexibility index (Phi) is 7.28. The Labute approximate surface area is 207 Å². The molecule has 1 atom stereocenters. The number of H-pyrrole nitrogens is 1. The Bertz CT molecular complexity index is 1320. The molecule has 4 nitrogen and oxygen atoms in total. The predicted octanol–water partition coefficient (Wildman–Crippen LogP) is 6.89. The van der Waals surface area contributed by atoms with E-state index in [4.69, 9.17) is 0 Å². The largest absolute Gasteiger partial charge is 0.429 e. The molecule has 0 amide bonds. The highest BCUT2D eigenvalue weighted by Crippen LogP contribution is 2.39. The maximum atomic E-state index is 12.8. The van der Waals surface area contributed by atoms with Crippen LogP contribution >= 0.6 is 15.9 Å². The van der Waals surface area contributed by atoms with Gasteiger partial charge in [0.25, 0.3) is 6.47 Å². The summed E-state index contributed by atoms with van der Waals surface area (Å²) >= 11 is 3.51. The van der Waals surface area contributed by atoms with Gasteiger partial charge in [0.2, 0.25) is 0 Å². The SMILES string of the molecule is CN1CCc2c([nH]c3ccc(Br)cc23)C1c1ccc(C(F)(F)F)cc1.O=COc1ccc(F)cc1. The third-order valence-electron chi connectivity index (χ3n) is 5.88. The summed E-state index contributed by atoms with van der Waals surface area (Å²) < 4.78 is 56.1. The number of aromatic amines is 1. The van der Waals surface area contributed by atoms with E-state index in [1.807, 2.05) is 19.2 Å². The van der Waals surface area contributed by atoms with Crippen LogP contribution in [-0.4, -0.2) is 29.9 Å². The van der Waals surface area contributed by atoms with Crippen molar-refractivity contribution in [2.75, 3.05) is 13.6 Å². The van der Waals surface area contributed by atoms with Crippen molar-refractivity contribution < 1.29 is 27.1 Å². The van der Waals surface area contributed by atoms with Gasteiger partial charge in [0, 0.05) is 27.6 Å². The fourth-order valence-electron chi connectivity index (χ4n) is 4.23. The number of hydrogen-bond acceptors (Lipinski definition) is 3. The summed E-state index contributed by atoms with van der Waals surface area (Å²) in [5.74, 6) is -0.00495. The standard InChI is InChI=1S/C19H16BrF3N2.C7H5FO2/c1-25-9-8-14-15-10-13(20)6-7-16(15)24-17(14)18(25)11-2-4-12(5-3-11)19(21,22)23;8-6-1-3-7(4-2-6)10-5-9/h2-7,10,18,24H,8-9H2,1H3;1-5H. The van der Waals surface area contributed by atoms with Crippen molar-refractivity contribution >= 4 is 33.3 Å². The Balaban J connectivity index is 0.000000243. The number of alkyl halides is 3. The van der Waals surface area contributed by atoms with Gasteiger partial charge in [-0.05, 0) is 79.2 Å². The molecule has 182 valence electrons. The summed E-state index contributed by atoms with van der Waals surface area (Å²) in [7, 11) is 2.01. The molecular weight excluding hydrogens is 528 g/mol. The maximum Gasteiger partial charge on any atom is 0.416 e. The van der Waals surface area contributed by atoms with Crippen LogP contribution in [0.5, 0.6) is 5.75 Å². The number of fused-ring (bicyclic) bond motifs is 3. The number of ether oxygens (including phenoxy) is 1. The summed E-state index contributed by atoms with van der Waals surface area (Å²) in [4.78, 5) is 15.4. The quantitative estimate of drug-likeness (QED) is 0.224. The molecule has 2 heterocycles. The van der Waals surface area contributed by atoms with E-state index < -0.39 is 11.7 Å². The minimum absolute atomic E-state index is 0.0720. The van der Waals surface area contributed by atoms with Gasteiger partial charge in [0.15, 0.2) is 0 Å². The molecule has 0 radical (unpaired) electrons. The topological polar surface area (TPSA) is 45.3 Å². The van der Waals surface area contributed by atoms with Crippen LogP contribution in [0, 0.1) is 5.82 Å². The number of aromatic nitrogens is 1. The molecular formula is C26H21BrF4N2O2. The number of likely N-dealkylation sites (N-methyl/N-ethyl adjacent to an activating group) is 1. The van der Waals surface area contributed by atoms with Crippen LogP contribution in [0.4, 0.5) is 17.6 Å². The first kappa shape index (κ1) is 24.9. The highest BCUT2D eigenvalue weighted by molar-refractivity contribution is 9.10. The molecule has 3 aromatic carbocycles. The van der Waals surface area contributed by atoms with Gasteiger partial charge >= 0.3 is 6.18 Å². The van der Waals surface area contributed by atoms with Crippen molar-refractivity contribution in [1.29, 1.82) is 0 Å². The summed E-state index contributed by atoms with van der Waals surface area (Å²) in [6.45, 7) is 1.16. The summed E-state index contributed by atoms with van der Waals surface area (Å²) in [6.07, 6.45) is -3.39. The van der Waals surface area contributed by atoms with Gasteiger partial charge in [-0.25, -0.2) is 4.39 Å². The number of carbonyl (C=O) groups excluding carboxylic acids is 1. The first-order valence-corrected chi connectivity index (χ1v) is 11.5. The number of hydrogen-bond donors (Lipinski definition) is 1. The summed E-state index contributed by atoms with van der Waals surface area (Å²) in [6, 6.07) is 16.7. The van der Waals surface area contributed by atoms with E-state index in [0.29, 0.717) is 12.2 Å². The molecule has 9 heteroatoms. The molecule has 0 fully saturated rings. The van der Waals surface area contributed by atoms with Crippen LogP contribution in [0.25, 0.3) is 10.9 Å². The van der Waals surface area contributed by atoms with E-state index in [-0.39, 0.29) is 11.9 Å². The zero-order valence-electron chi connectivity index (χ0n) is 18.6. The second-order valence-electron chi connectivity index (χ2n) is 8.13. The molecule has 4 aromatic rings. The lowest BCUT2D eigenvalue weighted by atomic mass is 9.92. The van der Waals surface area contributed by atoms with Crippen LogP contribution in [-0.2, 0) is 17.4 Å². The van der Waals surface area contributed by atoms with E-state index in [1.54, 1.807) is 12.1 Å². The highest BCUT2D eigenvalue weighted by Gasteiger charge is 2.32. The van der Waals surface area contributed by atoms with Crippen molar-refractivity contribution in [2.45, 2.75) is 18.6 Å². The number of nitrogens with zero attached hydrogens (tertiary/aromatic N) is 1. The molecule has 35 heavy (non-hydrogen) atoms. The van der Waals surface area contributed by atoms with E-state index in [0.717, 1.165) is 46.3 Å². The number of benzene rings is 3. The van der Waals surface area contributed by atoms with Crippen LogP contribution in [0.1, 0.15) is 28.4 Å². The zero-order valence-corrected chi connectivity index (χ0v) is 20.2. The van der Waals surface area contributed by atoms with Gasteiger partial charge in [-0.15, -0.1) is 0 Å². The second-order valence-corrected chi connectivity index (χ2v) is 9.04. The van der Waals surface area contributed by atoms with Gasteiger partial charge in [-0.1, -0.05) is 28.1 Å². The minimum Gasteiger partial charge on any atom is -0.429 e. The van der Waals surface area contributed by atoms with Crippen LogP contribution in [0.3, 0.4) is 0 Å². The highest BCUT2D eigenvalue weighted by atomic mass is 79.9.